The van der Waals surface area contributed by atoms with Crippen LogP contribution in [0.2, 0.25) is 0 Å². The lowest BCUT2D eigenvalue weighted by Crippen LogP contribution is -2.13. The number of hydrogen-bond acceptors (Lipinski definition) is 6. The highest BCUT2D eigenvalue weighted by Crippen LogP contribution is 2.28. The summed E-state index contributed by atoms with van der Waals surface area (Å²) in [6, 6.07) is 9.11. The standard InChI is InChI=1S/C13H12N4O3S/c18-10(9-4-2-1-3-5-9)8-14-11-12(17(19)20)16-6-7-21-13(16)15-11/h1-7,10,14,18H,8H2/t10-/m0/s1. The molecule has 1 aromatic carbocycles. The van der Waals surface area contributed by atoms with E-state index in [0.717, 1.165) is 5.56 Å². The Bertz CT molecular complexity index is 768. The molecule has 2 N–H and O–H groups in total. The van der Waals surface area contributed by atoms with Gasteiger partial charge in [0.05, 0.1) is 6.10 Å². The molecule has 0 saturated heterocycles. The third-order valence-electron chi connectivity index (χ3n) is 3.06. The van der Waals surface area contributed by atoms with Crippen LogP contribution in [0.4, 0.5) is 11.6 Å². The van der Waals surface area contributed by atoms with E-state index in [1.54, 1.807) is 23.7 Å². The van der Waals surface area contributed by atoms with E-state index in [-0.39, 0.29) is 18.2 Å². The summed E-state index contributed by atoms with van der Waals surface area (Å²) in [6.45, 7) is 0.148. The second-order valence-electron chi connectivity index (χ2n) is 4.40. The summed E-state index contributed by atoms with van der Waals surface area (Å²) in [6.07, 6.45) is 0.842. The Morgan fingerprint density at radius 3 is 2.90 bits per heavy atom. The second-order valence-corrected chi connectivity index (χ2v) is 5.28. The minimum Gasteiger partial charge on any atom is -0.387 e. The quantitative estimate of drug-likeness (QED) is 0.558. The van der Waals surface area contributed by atoms with Gasteiger partial charge in [0.15, 0.2) is 0 Å². The van der Waals surface area contributed by atoms with Crippen LogP contribution in [0.1, 0.15) is 11.7 Å². The van der Waals surface area contributed by atoms with Crippen molar-refractivity contribution in [1.82, 2.24) is 9.38 Å². The van der Waals surface area contributed by atoms with Crippen molar-refractivity contribution in [2.75, 3.05) is 11.9 Å². The van der Waals surface area contributed by atoms with Gasteiger partial charge in [-0.25, -0.2) is 0 Å². The molecule has 0 saturated carbocycles. The van der Waals surface area contributed by atoms with Crippen molar-refractivity contribution in [3.8, 4) is 0 Å². The fraction of sp³-hybridized carbons (Fsp3) is 0.154. The van der Waals surface area contributed by atoms with E-state index in [2.05, 4.69) is 10.3 Å². The molecule has 21 heavy (non-hydrogen) atoms. The zero-order valence-electron chi connectivity index (χ0n) is 10.8. The normalized spacial score (nSPS) is 12.4. The van der Waals surface area contributed by atoms with Gasteiger partial charge in [0.2, 0.25) is 5.82 Å². The molecule has 7 nitrogen and oxygen atoms in total. The van der Waals surface area contributed by atoms with Crippen LogP contribution >= 0.6 is 11.3 Å². The van der Waals surface area contributed by atoms with Gasteiger partial charge >= 0.3 is 5.82 Å². The van der Waals surface area contributed by atoms with Crippen molar-refractivity contribution >= 4 is 27.9 Å². The van der Waals surface area contributed by atoms with Crippen molar-refractivity contribution in [2.45, 2.75) is 6.10 Å². The summed E-state index contributed by atoms with van der Waals surface area (Å²) in [5.41, 5.74) is 0.744. The van der Waals surface area contributed by atoms with E-state index < -0.39 is 11.0 Å². The number of nitrogens with zero attached hydrogens (tertiary/aromatic N) is 3. The number of aliphatic hydroxyl groups is 1. The Hall–Kier alpha value is -2.45. The third-order valence-corrected chi connectivity index (χ3v) is 3.81. The van der Waals surface area contributed by atoms with E-state index >= 15 is 0 Å². The van der Waals surface area contributed by atoms with E-state index in [9.17, 15) is 15.2 Å². The number of rotatable bonds is 5. The van der Waals surface area contributed by atoms with Crippen LogP contribution in [0.3, 0.4) is 0 Å². The van der Waals surface area contributed by atoms with Crippen LogP contribution in [0, 0.1) is 10.1 Å². The average Bonchev–Trinajstić information content (AvgIpc) is 3.05. The molecule has 2 heterocycles. The van der Waals surface area contributed by atoms with Crippen molar-refractivity contribution in [3.05, 3.63) is 57.6 Å². The summed E-state index contributed by atoms with van der Waals surface area (Å²) in [5, 5.41) is 25.8. The van der Waals surface area contributed by atoms with Gasteiger partial charge in [-0.05, 0) is 10.5 Å². The first-order chi connectivity index (χ1) is 10.2. The predicted molar refractivity (Wildman–Crippen MR) is 79.6 cm³/mol. The van der Waals surface area contributed by atoms with Crippen molar-refractivity contribution in [3.63, 3.8) is 0 Å². The molecule has 3 aromatic rings. The zero-order chi connectivity index (χ0) is 14.8. The topological polar surface area (TPSA) is 92.7 Å². The molecule has 0 bridgehead atoms. The summed E-state index contributed by atoms with van der Waals surface area (Å²) in [7, 11) is 0. The van der Waals surface area contributed by atoms with E-state index in [0.29, 0.717) is 4.96 Å². The van der Waals surface area contributed by atoms with Gasteiger partial charge in [-0.1, -0.05) is 41.7 Å². The van der Waals surface area contributed by atoms with E-state index in [1.807, 2.05) is 18.2 Å². The number of anilines is 1. The Labute approximate surface area is 123 Å². The number of aromatic nitrogens is 2. The molecule has 2 aromatic heterocycles. The zero-order valence-corrected chi connectivity index (χ0v) is 11.7. The van der Waals surface area contributed by atoms with Crippen LogP contribution in [0.25, 0.3) is 4.96 Å². The Kier molecular flexibility index (Phi) is 3.55. The number of nitro groups is 1. The van der Waals surface area contributed by atoms with Gasteiger partial charge in [0.25, 0.3) is 4.96 Å². The molecule has 0 fully saturated rings. The molecule has 0 aliphatic rings. The third kappa shape index (κ3) is 2.58. The van der Waals surface area contributed by atoms with Gasteiger partial charge < -0.3 is 20.5 Å². The van der Waals surface area contributed by atoms with Gasteiger partial charge in [-0.2, -0.15) is 9.38 Å². The monoisotopic (exact) mass is 304 g/mol. The molecule has 0 aliphatic carbocycles. The summed E-state index contributed by atoms with van der Waals surface area (Å²) >= 11 is 1.32. The molecule has 0 aliphatic heterocycles. The molecule has 108 valence electrons. The summed E-state index contributed by atoms with van der Waals surface area (Å²) in [5.74, 6) is 0.0494. The number of nitrogens with one attached hydrogen (secondary N) is 1. The molecule has 0 spiro atoms. The first kappa shape index (κ1) is 13.5. The molecule has 0 unspecified atom stereocenters. The SMILES string of the molecule is O=[N+]([O-])c1c(NC[C@H](O)c2ccccc2)nc2sccn12. The van der Waals surface area contributed by atoms with Crippen LogP contribution in [0.5, 0.6) is 0 Å². The van der Waals surface area contributed by atoms with Crippen LogP contribution in [-0.4, -0.2) is 26.0 Å². The molecule has 3 rings (SSSR count). The van der Waals surface area contributed by atoms with Gasteiger partial charge in [-0.15, -0.1) is 0 Å². The molecular formula is C13H12N4O3S. The minimum absolute atomic E-state index is 0.119. The Balaban J connectivity index is 1.80. The number of aliphatic hydroxyl groups excluding tert-OH is 1. The summed E-state index contributed by atoms with van der Waals surface area (Å²) in [4.78, 5) is 15.4. The van der Waals surface area contributed by atoms with Crippen LogP contribution in [0.15, 0.2) is 41.9 Å². The first-order valence-corrected chi connectivity index (χ1v) is 7.11. The van der Waals surface area contributed by atoms with Gasteiger partial charge in [0, 0.05) is 11.9 Å². The molecule has 0 radical (unpaired) electrons. The Morgan fingerprint density at radius 2 is 2.19 bits per heavy atom. The van der Waals surface area contributed by atoms with E-state index in [4.69, 9.17) is 0 Å². The smallest absolute Gasteiger partial charge is 0.372 e. The lowest BCUT2D eigenvalue weighted by molar-refractivity contribution is -0.389. The molecular weight excluding hydrogens is 292 g/mol. The lowest BCUT2D eigenvalue weighted by atomic mass is 10.1. The second kappa shape index (κ2) is 5.51. The number of fused-ring (bicyclic) bond motifs is 1. The molecule has 0 amide bonds. The first-order valence-electron chi connectivity index (χ1n) is 6.23. The van der Waals surface area contributed by atoms with Crippen LogP contribution in [-0.2, 0) is 0 Å². The average molecular weight is 304 g/mol. The van der Waals surface area contributed by atoms with E-state index in [1.165, 1.54) is 15.7 Å². The number of benzene rings is 1. The molecule has 1 atom stereocenters. The largest absolute Gasteiger partial charge is 0.387 e. The molecule has 8 heteroatoms. The van der Waals surface area contributed by atoms with Crippen molar-refractivity contribution in [2.24, 2.45) is 0 Å². The highest BCUT2D eigenvalue weighted by molar-refractivity contribution is 7.15. The number of hydrogen-bond donors (Lipinski definition) is 2. The number of thiazole rings is 1. The fourth-order valence-corrected chi connectivity index (χ4v) is 2.76. The van der Waals surface area contributed by atoms with Gasteiger partial charge in [-0.3, -0.25) is 0 Å². The highest BCUT2D eigenvalue weighted by Gasteiger charge is 2.23. The van der Waals surface area contributed by atoms with Gasteiger partial charge in [0.1, 0.15) is 6.20 Å². The maximum absolute atomic E-state index is 11.2. The van der Waals surface area contributed by atoms with Crippen LogP contribution < -0.4 is 5.32 Å². The Morgan fingerprint density at radius 1 is 1.43 bits per heavy atom. The predicted octanol–water partition coefficient (Wildman–Crippen LogP) is 2.45. The number of imidazole rings is 1. The maximum Gasteiger partial charge on any atom is 0.372 e. The maximum atomic E-state index is 11.2. The minimum atomic E-state index is -0.759. The summed E-state index contributed by atoms with van der Waals surface area (Å²) < 4.78 is 1.42. The lowest BCUT2D eigenvalue weighted by Gasteiger charge is -2.11. The highest BCUT2D eigenvalue weighted by atomic mass is 32.1. The fourth-order valence-electron chi connectivity index (χ4n) is 2.05. The van der Waals surface area contributed by atoms with Crippen molar-refractivity contribution < 1.29 is 10.0 Å². The van der Waals surface area contributed by atoms with Crippen molar-refractivity contribution in [1.29, 1.82) is 0 Å².